The predicted octanol–water partition coefficient (Wildman–Crippen LogP) is 5.12. The Balaban J connectivity index is 1.71. The van der Waals surface area contributed by atoms with Crippen LogP contribution < -0.4 is 14.8 Å². The average Bonchev–Trinajstić information content (AvgIpc) is 3.34. The molecule has 4 aromatic rings. The minimum Gasteiger partial charge on any atom is -0.497 e. The van der Waals surface area contributed by atoms with Gasteiger partial charge >= 0.3 is 5.97 Å². The highest BCUT2D eigenvalue weighted by molar-refractivity contribution is 6.05. The molecular formula is C27H24FN3O5. The van der Waals surface area contributed by atoms with E-state index in [9.17, 15) is 14.0 Å². The maximum atomic E-state index is 14.6. The Morgan fingerprint density at radius 1 is 0.944 bits per heavy atom. The molecule has 0 bridgehead atoms. The summed E-state index contributed by atoms with van der Waals surface area (Å²) in [6, 6.07) is 19.4. The summed E-state index contributed by atoms with van der Waals surface area (Å²) in [6.45, 7) is 1.87. The summed E-state index contributed by atoms with van der Waals surface area (Å²) in [5.41, 5.74) is 2.08. The van der Waals surface area contributed by atoms with Gasteiger partial charge in [0.2, 0.25) is 0 Å². The van der Waals surface area contributed by atoms with Gasteiger partial charge in [-0.25, -0.2) is 13.9 Å². The number of aromatic nitrogens is 2. The molecule has 0 atom stereocenters. The van der Waals surface area contributed by atoms with Crippen molar-refractivity contribution in [3.8, 4) is 28.4 Å². The summed E-state index contributed by atoms with van der Waals surface area (Å²) < 4.78 is 31.5. The minimum absolute atomic E-state index is 0.0352. The van der Waals surface area contributed by atoms with Gasteiger partial charge in [0.05, 0.1) is 26.5 Å². The zero-order valence-electron chi connectivity index (χ0n) is 19.9. The molecule has 1 aromatic heterocycles. The lowest BCUT2D eigenvalue weighted by Crippen LogP contribution is -2.12. The van der Waals surface area contributed by atoms with Gasteiger partial charge in [-0.3, -0.25) is 4.79 Å². The second-order valence-electron chi connectivity index (χ2n) is 7.63. The third-order valence-electron chi connectivity index (χ3n) is 5.30. The first-order chi connectivity index (χ1) is 17.4. The molecule has 0 fully saturated rings. The summed E-state index contributed by atoms with van der Waals surface area (Å²) in [5.74, 6) is -0.541. The van der Waals surface area contributed by atoms with Crippen molar-refractivity contribution in [1.82, 2.24) is 9.78 Å². The number of hydrogen-bond acceptors (Lipinski definition) is 6. The summed E-state index contributed by atoms with van der Waals surface area (Å²) in [7, 11) is 3.01. The Kier molecular flexibility index (Phi) is 7.29. The topological polar surface area (TPSA) is 91.7 Å². The van der Waals surface area contributed by atoms with Gasteiger partial charge in [0.25, 0.3) is 5.91 Å². The maximum absolute atomic E-state index is 14.6. The highest BCUT2D eigenvalue weighted by Gasteiger charge is 2.20. The zero-order chi connectivity index (χ0) is 25.7. The number of anilines is 1. The van der Waals surface area contributed by atoms with Crippen molar-refractivity contribution >= 4 is 17.6 Å². The fourth-order valence-electron chi connectivity index (χ4n) is 3.60. The van der Waals surface area contributed by atoms with Crippen LogP contribution >= 0.6 is 0 Å². The van der Waals surface area contributed by atoms with E-state index in [1.807, 2.05) is 0 Å². The number of halogens is 1. The molecule has 0 aliphatic heterocycles. The predicted molar refractivity (Wildman–Crippen MR) is 132 cm³/mol. The average molecular weight is 490 g/mol. The van der Waals surface area contributed by atoms with Crippen LogP contribution in [0.1, 0.15) is 27.8 Å². The van der Waals surface area contributed by atoms with Crippen molar-refractivity contribution in [2.24, 2.45) is 0 Å². The number of ether oxygens (including phenoxy) is 3. The van der Waals surface area contributed by atoms with Crippen LogP contribution in [0, 0.1) is 5.82 Å². The molecule has 0 aliphatic rings. The quantitative estimate of drug-likeness (QED) is 0.345. The fraction of sp³-hybridized carbons (Fsp3) is 0.148. The third kappa shape index (κ3) is 5.20. The Labute approximate surface area is 207 Å². The van der Waals surface area contributed by atoms with Crippen LogP contribution in [0.4, 0.5) is 10.1 Å². The number of para-hydroxylation sites is 1. The molecule has 3 aromatic carbocycles. The minimum atomic E-state index is -0.620. The second-order valence-corrected chi connectivity index (χ2v) is 7.63. The molecule has 9 heteroatoms. The van der Waals surface area contributed by atoms with Gasteiger partial charge in [0.1, 0.15) is 23.0 Å². The van der Waals surface area contributed by atoms with E-state index in [0.29, 0.717) is 34.0 Å². The molecule has 1 heterocycles. The highest BCUT2D eigenvalue weighted by Crippen LogP contribution is 2.29. The number of nitrogens with zero attached hydrogens (tertiary/aromatic N) is 2. The van der Waals surface area contributed by atoms with E-state index in [-0.39, 0.29) is 23.9 Å². The summed E-state index contributed by atoms with van der Waals surface area (Å²) in [4.78, 5) is 25.3. The number of hydrogen-bond donors (Lipinski definition) is 1. The largest absolute Gasteiger partial charge is 0.497 e. The lowest BCUT2D eigenvalue weighted by molar-refractivity contribution is 0.0518. The number of amides is 1. The SMILES string of the molecule is CCOC(=O)c1cc(-c2cccc(NC(=O)c3cc(OC)cc(OC)c3)c2)n(-c2ccccc2F)n1. The lowest BCUT2D eigenvalue weighted by atomic mass is 10.1. The van der Waals surface area contributed by atoms with Crippen molar-refractivity contribution in [3.05, 3.63) is 89.9 Å². The van der Waals surface area contributed by atoms with Gasteiger partial charge in [0.15, 0.2) is 5.69 Å². The Bertz CT molecular complexity index is 1390. The van der Waals surface area contributed by atoms with Gasteiger partial charge in [-0.15, -0.1) is 0 Å². The molecule has 0 radical (unpaired) electrons. The summed E-state index contributed by atoms with van der Waals surface area (Å²) in [6.07, 6.45) is 0. The molecule has 0 saturated heterocycles. The molecule has 0 saturated carbocycles. The number of benzene rings is 3. The van der Waals surface area contributed by atoms with Crippen LogP contribution in [0.2, 0.25) is 0 Å². The Morgan fingerprint density at radius 3 is 2.33 bits per heavy atom. The highest BCUT2D eigenvalue weighted by atomic mass is 19.1. The van der Waals surface area contributed by atoms with Crippen LogP contribution in [0.15, 0.2) is 72.8 Å². The van der Waals surface area contributed by atoms with E-state index >= 15 is 0 Å². The molecule has 4 rings (SSSR count). The van der Waals surface area contributed by atoms with Crippen molar-refractivity contribution in [2.75, 3.05) is 26.1 Å². The Hall–Kier alpha value is -4.66. The van der Waals surface area contributed by atoms with Gasteiger partial charge in [0, 0.05) is 22.9 Å². The molecule has 1 N–H and O–H groups in total. The van der Waals surface area contributed by atoms with Crippen molar-refractivity contribution in [1.29, 1.82) is 0 Å². The number of nitrogens with one attached hydrogen (secondary N) is 1. The lowest BCUT2D eigenvalue weighted by Gasteiger charge is -2.11. The Morgan fingerprint density at radius 2 is 1.67 bits per heavy atom. The van der Waals surface area contributed by atoms with Crippen molar-refractivity contribution in [3.63, 3.8) is 0 Å². The number of carbonyl (C=O) groups excluding carboxylic acids is 2. The molecule has 8 nitrogen and oxygen atoms in total. The standard InChI is InChI=1S/C27H24FN3O5/c1-4-36-27(33)23-16-25(31(30-23)24-11-6-5-10-22(24)28)17-8-7-9-19(12-17)29-26(32)18-13-20(34-2)15-21(14-18)35-3/h5-16H,4H2,1-3H3,(H,29,32). The molecule has 0 aliphatic carbocycles. The molecule has 0 spiro atoms. The van der Waals surface area contributed by atoms with E-state index < -0.39 is 11.8 Å². The van der Waals surface area contributed by atoms with Crippen molar-refractivity contribution < 1.29 is 28.2 Å². The van der Waals surface area contributed by atoms with Crippen LogP contribution in [0.5, 0.6) is 11.5 Å². The van der Waals surface area contributed by atoms with Crippen LogP contribution in [0.3, 0.4) is 0 Å². The smallest absolute Gasteiger partial charge is 0.358 e. The summed E-state index contributed by atoms with van der Waals surface area (Å²) in [5, 5.41) is 7.15. The van der Waals surface area contributed by atoms with Gasteiger partial charge in [-0.1, -0.05) is 24.3 Å². The van der Waals surface area contributed by atoms with Gasteiger partial charge in [-0.2, -0.15) is 5.10 Å². The monoisotopic (exact) mass is 489 g/mol. The second kappa shape index (κ2) is 10.7. The van der Waals surface area contributed by atoms with Crippen molar-refractivity contribution in [2.45, 2.75) is 6.92 Å². The maximum Gasteiger partial charge on any atom is 0.358 e. The van der Waals surface area contributed by atoms with E-state index in [2.05, 4.69) is 10.4 Å². The van der Waals surface area contributed by atoms with E-state index in [1.54, 1.807) is 67.6 Å². The fourth-order valence-corrected chi connectivity index (χ4v) is 3.60. The summed E-state index contributed by atoms with van der Waals surface area (Å²) >= 11 is 0. The number of carbonyl (C=O) groups is 2. The number of rotatable bonds is 8. The normalized spacial score (nSPS) is 10.6. The van der Waals surface area contributed by atoms with E-state index in [4.69, 9.17) is 14.2 Å². The molecule has 1 amide bonds. The molecule has 184 valence electrons. The molecule has 36 heavy (non-hydrogen) atoms. The van der Waals surface area contributed by atoms with E-state index in [0.717, 1.165) is 0 Å². The van der Waals surface area contributed by atoms with Gasteiger partial charge < -0.3 is 19.5 Å². The van der Waals surface area contributed by atoms with Gasteiger partial charge in [-0.05, 0) is 49.4 Å². The first-order valence-electron chi connectivity index (χ1n) is 11.1. The molecular weight excluding hydrogens is 465 g/mol. The van der Waals surface area contributed by atoms with Crippen LogP contribution in [-0.4, -0.2) is 42.5 Å². The van der Waals surface area contributed by atoms with E-state index in [1.165, 1.54) is 31.0 Å². The number of esters is 1. The van der Waals surface area contributed by atoms with Crippen LogP contribution in [0.25, 0.3) is 16.9 Å². The zero-order valence-corrected chi connectivity index (χ0v) is 19.9. The third-order valence-corrected chi connectivity index (χ3v) is 5.30. The first kappa shape index (κ1) is 24.5. The first-order valence-corrected chi connectivity index (χ1v) is 11.1. The molecule has 0 unspecified atom stereocenters. The number of methoxy groups -OCH3 is 2. The van der Waals surface area contributed by atoms with Crippen LogP contribution in [-0.2, 0) is 4.74 Å².